The fourth-order valence-electron chi connectivity index (χ4n) is 3.83. The van der Waals surface area contributed by atoms with E-state index < -0.39 is 0 Å². The Hall–Kier alpha value is -1.82. The van der Waals surface area contributed by atoms with Gasteiger partial charge in [0.15, 0.2) is 0 Å². The third-order valence-corrected chi connectivity index (χ3v) is 6.47. The molecule has 1 spiro atoms. The molecule has 1 saturated heterocycles. The van der Waals surface area contributed by atoms with Crippen molar-refractivity contribution in [1.29, 1.82) is 0 Å². The number of nitrogens with zero attached hydrogens (tertiary/aromatic N) is 2. The zero-order valence-corrected chi connectivity index (χ0v) is 14.2. The smallest absolute Gasteiger partial charge is 0.105 e. The first kappa shape index (κ1) is 14.5. The summed E-state index contributed by atoms with van der Waals surface area (Å²) in [6, 6.07) is 10.3. The van der Waals surface area contributed by atoms with Gasteiger partial charge in [-0.2, -0.15) is 0 Å². The quantitative estimate of drug-likeness (QED) is 0.738. The summed E-state index contributed by atoms with van der Waals surface area (Å²) in [5, 5.41) is 3.45. The zero-order valence-electron chi connectivity index (χ0n) is 13.4. The van der Waals surface area contributed by atoms with Crippen LogP contribution < -0.4 is 5.32 Å². The van der Waals surface area contributed by atoms with Gasteiger partial charge in [0.2, 0.25) is 0 Å². The molecule has 1 fully saturated rings. The molecule has 1 aromatic carbocycles. The number of benzene rings is 1. The summed E-state index contributed by atoms with van der Waals surface area (Å²) in [6.07, 6.45) is 5.02. The molecule has 0 unspecified atom stereocenters. The summed E-state index contributed by atoms with van der Waals surface area (Å²) >= 11 is 1.85. The Labute approximate surface area is 144 Å². The number of thiophene rings is 1. The number of fused-ring (bicyclic) bond motifs is 3. The normalized spacial score (nSPS) is 19.5. The summed E-state index contributed by atoms with van der Waals surface area (Å²) in [5.41, 5.74) is 4.23. The van der Waals surface area contributed by atoms with Crippen molar-refractivity contribution < 1.29 is 4.74 Å². The Bertz CT molecular complexity index is 899. The lowest BCUT2D eigenvalue weighted by Gasteiger charge is -2.40. The molecule has 4 nitrogen and oxygen atoms in total. The minimum Gasteiger partial charge on any atom is -0.369 e. The zero-order chi connectivity index (χ0) is 16.0. The van der Waals surface area contributed by atoms with E-state index in [2.05, 4.69) is 16.4 Å². The first-order chi connectivity index (χ1) is 11.8. The van der Waals surface area contributed by atoms with Crippen LogP contribution in [0.25, 0.3) is 21.6 Å². The third-order valence-electron chi connectivity index (χ3n) is 5.08. The summed E-state index contributed by atoms with van der Waals surface area (Å²) in [4.78, 5) is 12.0. The molecule has 3 aromatic rings. The highest BCUT2D eigenvalue weighted by molar-refractivity contribution is 7.15. The molecule has 0 bridgehead atoms. The first-order valence-corrected chi connectivity index (χ1v) is 9.36. The van der Waals surface area contributed by atoms with Crippen LogP contribution in [0, 0.1) is 0 Å². The van der Waals surface area contributed by atoms with Crippen LogP contribution in [0.15, 0.2) is 36.5 Å². The van der Waals surface area contributed by atoms with E-state index in [4.69, 9.17) is 9.72 Å². The van der Waals surface area contributed by atoms with Gasteiger partial charge in [0, 0.05) is 4.88 Å². The van der Waals surface area contributed by atoms with Gasteiger partial charge in [-0.1, -0.05) is 12.1 Å². The van der Waals surface area contributed by atoms with Crippen LogP contribution in [-0.4, -0.2) is 29.7 Å². The van der Waals surface area contributed by atoms with Crippen LogP contribution in [0.3, 0.4) is 0 Å². The van der Waals surface area contributed by atoms with Crippen LogP contribution >= 0.6 is 11.3 Å². The molecule has 0 amide bonds. The molecule has 5 heteroatoms. The molecule has 5 rings (SSSR count). The summed E-state index contributed by atoms with van der Waals surface area (Å²) in [6.45, 7) is 2.89. The molecule has 1 N–H and O–H groups in total. The minimum absolute atomic E-state index is 0.0774. The molecule has 0 atom stereocenters. The average molecular weight is 337 g/mol. The maximum atomic E-state index is 6.29. The van der Waals surface area contributed by atoms with Crippen LogP contribution in [0.5, 0.6) is 0 Å². The summed E-state index contributed by atoms with van der Waals surface area (Å²) in [7, 11) is 0. The topological polar surface area (TPSA) is 47.0 Å². The number of rotatable bonds is 1. The second-order valence-electron chi connectivity index (χ2n) is 6.55. The standard InChI is InChI=1S/C19H19N3OS/c1-2-4-15-14(3-1)21-12-16(22-15)17-11-13-5-10-23-19(18(13)24-17)6-8-20-9-7-19/h1-4,11-12,20H,5-10H2. The van der Waals surface area contributed by atoms with Crippen molar-refractivity contribution in [1.82, 2.24) is 15.3 Å². The lowest BCUT2D eigenvalue weighted by Crippen LogP contribution is -2.43. The van der Waals surface area contributed by atoms with Crippen molar-refractivity contribution in [3.63, 3.8) is 0 Å². The Morgan fingerprint density at radius 1 is 1.12 bits per heavy atom. The molecular weight excluding hydrogens is 318 g/mol. The summed E-state index contributed by atoms with van der Waals surface area (Å²) in [5.74, 6) is 0. The van der Waals surface area contributed by atoms with Crippen molar-refractivity contribution in [3.8, 4) is 10.6 Å². The van der Waals surface area contributed by atoms with Crippen LogP contribution in [0.1, 0.15) is 23.3 Å². The maximum Gasteiger partial charge on any atom is 0.105 e. The van der Waals surface area contributed by atoms with Crippen LogP contribution in [-0.2, 0) is 16.8 Å². The van der Waals surface area contributed by atoms with Gasteiger partial charge < -0.3 is 10.1 Å². The minimum atomic E-state index is -0.0774. The molecule has 24 heavy (non-hydrogen) atoms. The van der Waals surface area contributed by atoms with Gasteiger partial charge in [-0.25, -0.2) is 4.98 Å². The largest absolute Gasteiger partial charge is 0.369 e. The second-order valence-corrected chi connectivity index (χ2v) is 7.60. The number of aromatic nitrogens is 2. The Balaban J connectivity index is 1.60. The van der Waals surface area contributed by atoms with Gasteiger partial charge in [0.05, 0.1) is 34.4 Å². The van der Waals surface area contributed by atoms with Crippen molar-refractivity contribution in [2.45, 2.75) is 24.9 Å². The average Bonchev–Trinajstić information content (AvgIpc) is 3.08. The van der Waals surface area contributed by atoms with E-state index in [1.54, 1.807) is 0 Å². The number of piperidine rings is 1. The van der Waals surface area contributed by atoms with Gasteiger partial charge in [0.25, 0.3) is 0 Å². The molecule has 0 saturated carbocycles. The highest BCUT2D eigenvalue weighted by atomic mass is 32.1. The maximum absolute atomic E-state index is 6.29. The summed E-state index contributed by atoms with van der Waals surface area (Å²) < 4.78 is 6.29. The first-order valence-electron chi connectivity index (χ1n) is 8.54. The fourth-order valence-corrected chi connectivity index (χ4v) is 5.19. The van der Waals surface area contributed by atoms with Gasteiger partial charge in [-0.15, -0.1) is 11.3 Å². The van der Waals surface area contributed by atoms with E-state index in [0.717, 1.165) is 55.7 Å². The van der Waals surface area contributed by atoms with E-state index >= 15 is 0 Å². The number of hydrogen-bond acceptors (Lipinski definition) is 5. The van der Waals surface area contributed by atoms with E-state index in [0.29, 0.717) is 0 Å². The Kier molecular flexibility index (Phi) is 3.40. The highest BCUT2D eigenvalue weighted by Gasteiger charge is 2.40. The third kappa shape index (κ3) is 2.27. The SMILES string of the molecule is c1ccc2nc(-c3cc4c(s3)C3(CCNCC3)OCC4)cnc2c1. The number of hydrogen-bond donors (Lipinski definition) is 1. The van der Waals surface area contributed by atoms with Crippen molar-refractivity contribution in [2.75, 3.05) is 19.7 Å². The van der Waals surface area contributed by atoms with Crippen molar-refractivity contribution >= 4 is 22.4 Å². The monoisotopic (exact) mass is 337 g/mol. The number of ether oxygens (including phenoxy) is 1. The van der Waals surface area contributed by atoms with Gasteiger partial charge in [-0.05, 0) is 56.1 Å². The molecule has 2 aromatic heterocycles. The van der Waals surface area contributed by atoms with Gasteiger partial charge in [0.1, 0.15) is 5.60 Å². The molecule has 0 aliphatic carbocycles. The Morgan fingerprint density at radius 2 is 1.96 bits per heavy atom. The Morgan fingerprint density at radius 3 is 2.83 bits per heavy atom. The number of para-hydroxylation sites is 2. The predicted octanol–water partition coefficient (Wildman–Crippen LogP) is 3.51. The van der Waals surface area contributed by atoms with E-state index in [-0.39, 0.29) is 5.60 Å². The van der Waals surface area contributed by atoms with E-state index in [1.165, 1.54) is 15.3 Å². The molecule has 122 valence electrons. The lowest BCUT2D eigenvalue weighted by atomic mass is 9.86. The van der Waals surface area contributed by atoms with E-state index in [1.807, 2.05) is 41.8 Å². The molecule has 2 aliphatic heterocycles. The number of nitrogens with one attached hydrogen (secondary N) is 1. The molecule has 4 heterocycles. The van der Waals surface area contributed by atoms with Gasteiger partial charge >= 0.3 is 0 Å². The van der Waals surface area contributed by atoms with E-state index in [9.17, 15) is 0 Å². The fraction of sp³-hybridized carbons (Fsp3) is 0.368. The highest BCUT2D eigenvalue weighted by Crippen LogP contribution is 2.46. The molecule has 0 radical (unpaired) electrons. The predicted molar refractivity (Wildman–Crippen MR) is 96.3 cm³/mol. The molecular formula is C19H19N3OS. The van der Waals surface area contributed by atoms with Crippen molar-refractivity contribution in [3.05, 3.63) is 47.0 Å². The second kappa shape index (κ2) is 5.62. The molecule has 2 aliphatic rings. The van der Waals surface area contributed by atoms with Crippen molar-refractivity contribution in [2.24, 2.45) is 0 Å². The lowest BCUT2D eigenvalue weighted by molar-refractivity contribution is -0.0771. The van der Waals surface area contributed by atoms with Crippen LogP contribution in [0.2, 0.25) is 0 Å². The van der Waals surface area contributed by atoms with Gasteiger partial charge in [-0.3, -0.25) is 4.98 Å². The van der Waals surface area contributed by atoms with Crippen LogP contribution in [0.4, 0.5) is 0 Å².